The number of amides is 1. The smallest absolute Gasteiger partial charge is 0.224 e. The van der Waals surface area contributed by atoms with Gasteiger partial charge in [0.25, 0.3) is 0 Å². The number of hydrogen-bond donors (Lipinski definition) is 3. The largest absolute Gasteiger partial charge is 0.330 e. The van der Waals surface area contributed by atoms with Crippen molar-refractivity contribution >= 4 is 22.5 Å². The maximum atomic E-state index is 11.7. The van der Waals surface area contributed by atoms with Crippen molar-refractivity contribution < 1.29 is 4.79 Å². The standard InChI is InChI=1S/C13H18N4O/c14-7-3-1-2-4-13(18)16-11-6-5-10-9-15-17-12(10)8-11/h5-6,8-9H,1-4,7,14H2,(H,15,17)(H,16,18). The van der Waals surface area contributed by atoms with Crippen LogP contribution in [0.15, 0.2) is 24.4 Å². The van der Waals surface area contributed by atoms with E-state index in [1.807, 2.05) is 18.2 Å². The Morgan fingerprint density at radius 1 is 1.33 bits per heavy atom. The summed E-state index contributed by atoms with van der Waals surface area (Å²) < 4.78 is 0. The van der Waals surface area contributed by atoms with Gasteiger partial charge >= 0.3 is 0 Å². The minimum absolute atomic E-state index is 0.0471. The maximum Gasteiger partial charge on any atom is 0.224 e. The van der Waals surface area contributed by atoms with Gasteiger partial charge in [-0.1, -0.05) is 6.42 Å². The van der Waals surface area contributed by atoms with Gasteiger partial charge in [-0.2, -0.15) is 5.10 Å². The molecule has 1 aromatic heterocycles. The number of anilines is 1. The molecular weight excluding hydrogens is 228 g/mol. The predicted molar refractivity (Wildman–Crippen MR) is 72.2 cm³/mol. The number of carbonyl (C=O) groups is 1. The third-order valence-electron chi connectivity index (χ3n) is 2.83. The van der Waals surface area contributed by atoms with Gasteiger partial charge in [0.05, 0.1) is 11.7 Å². The van der Waals surface area contributed by atoms with Crippen LogP contribution in [-0.2, 0) is 4.79 Å². The SMILES string of the molecule is NCCCCCC(=O)Nc1ccc2cn[nH]c2c1. The van der Waals surface area contributed by atoms with Gasteiger partial charge in [0.2, 0.25) is 5.91 Å². The summed E-state index contributed by atoms with van der Waals surface area (Å²) in [5.74, 6) is 0.0471. The highest BCUT2D eigenvalue weighted by Crippen LogP contribution is 2.16. The summed E-state index contributed by atoms with van der Waals surface area (Å²) in [7, 11) is 0. The topological polar surface area (TPSA) is 83.8 Å². The van der Waals surface area contributed by atoms with Crippen molar-refractivity contribution in [3.8, 4) is 0 Å². The molecule has 5 heteroatoms. The molecule has 0 aliphatic heterocycles. The van der Waals surface area contributed by atoms with Crippen molar-refractivity contribution in [3.05, 3.63) is 24.4 Å². The number of rotatable bonds is 6. The average Bonchev–Trinajstić information content (AvgIpc) is 2.82. The molecule has 4 N–H and O–H groups in total. The summed E-state index contributed by atoms with van der Waals surface area (Å²) in [6.07, 6.45) is 5.17. The number of hydrogen-bond acceptors (Lipinski definition) is 3. The van der Waals surface area contributed by atoms with E-state index < -0.39 is 0 Å². The molecular formula is C13H18N4O. The third kappa shape index (κ3) is 3.30. The first-order valence-corrected chi connectivity index (χ1v) is 6.22. The number of benzene rings is 1. The van der Waals surface area contributed by atoms with Gasteiger partial charge in [-0.3, -0.25) is 9.89 Å². The minimum atomic E-state index is 0.0471. The van der Waals surface area contributed by atoms with Crippen LogP contribution < -0.4 is 11.1 Å². The van der Waals surface area contributed by atoms with Gasteiger partial charge in [0.15, 0.2) is 0 Å². The summed E-state index contributed by atoms with van der Waals surface area (Å²) in [5.41, 5.74) is 7.13. The van der Waals surface area contributed by atoms with Crippen LogP contribution in [-0.4, -0.2) is 22.6 Å². The van der Waals surface area contributed by atoms with E-state index >= 15 is 0 Å². The highest BCUT2D eigenvalue weighted by Gasteiger charge is 2.03. The van der Waals surface area contributed by atoms with Gasteiger partial charge in [-0.25, -0.2) is 0 Å². The lowest BCUT2D eigenvalue weighted by molar-refractivity contribution is -0.116. The van der Waals surface area contributed by atoms with Crippen LogP contribution in [0.4, 0.5) is 5.69 Å². The fourth-order valence-electron chi connectivity index (χ4n) is 1.84. The molecule has 5 nitrogen and oxygen atoms in total. The second-order valence-corrected chi connectivity index (χ2v) is 4.32. The molecule has 0 spiro atoms. The Kier molecular flexibility index (Phi) is 4.30. The summed E-state index contributed by atoms with van der Waals surface area (Å²) in [6, 6.07) is 5.71. The van der Waals surface area contributed by atoms with Crippen LogP contribution >= 0.6 is 0 Å². The molecule has 0 bridgehead atoms. The van der Waals surface area contributed by atoms with Crippen molar-refractivity contribution in [1.82, 2.24) is 10.2 Å². The number of aromatic amines is 1. The lowest BCUT2D eigenvalue weighted by Gasteiger charge is -2.05. The first-order chi connectivity index (χ1) is 8.79. The zero-order chi connectivity index (χ0) is 12.8. The molecule has 1 heterocycles. The van der Waals surface area contributed by atoms with Gasteiger partial charge < -0.3 is 11.1 Å². The molecule has 0 fully saturated rings. The predicted octanol–water partition coefficient (Wildman–Crippen LogP) is 2.02. The van der Waals surface area contributed by atoms with Crippen molar-refractivity contribution in [1.29, 1.82) is 0 Å². The molecule has 1 amide bonds. The Labute approximate surface area is 106 Å². The molecule has 0 radical (unpaired) electrons. The van der Waals surface area contributed by atoms with E-state index in [9.17, 15) is 4.79 Å². The normalized spacial score (nSPS) is 10.7. The molecule has 0 aliphatic carbocycles. The zero-order valence-corrected chi connectivity index (χ0v) is 10.3. The van der Waals surface area contributed by atoms with E-state index in [1.54, 1.807) is 6.20 Å². The van der Waals surface area contributed by atoms with Crippen molar-refractivity contribution in [2.24, 2.45) is 5.73 Å². The second-order valence-electron chi connectivity index (χ2n) is 4.32. The van der Waals surface area contributed by atoms with Gasteiger partial charge in [-0.05, 0) is 37.6 Å². The van der Waals surface area contributed by atoms with Gasteiger partial charge in [-0.15, -0.1) is 0 Å². The molecule has 1 aromatic carbocycles. The molecule has 0 unspecified atom stereocenters. The molecule has 0 saturated heterocycles. The van der Waals surface area contributed by atoms with Crippen molar-refractivity contribution in [3.63, 3.8) is 0 Å². The molecule has 0 aliphatic rings. The summed E-state index contributed by atoms with van der Waals surface area (Å²) >= 11 is 0. The monoisotopic (exact) mass is 246 g/mol. The highest BCUT2D eigenvalue weighted by atomic mass is 16.1. The third-order valence-corrected chi connectivity index (χ3v) is 2.83. The average molecular weight is 246 g/mol. The second kappa shape index (κ2) is 6.16. The van der Waals surface area contributed by atoms with Crippen LogP contribution in [0.2, 0.25) is 0 Å². The van der Waals surface area contributed by atoms with Crippen molar-refractivity contribution in [2.75, 3.05) is 11.9 Å². The quantitative estimate of drug-likeness (QED) is 0.682. The first-order valence-electron chi connectivity index (χ1n) is 6.22. The molecule has 18 heavy (non-hydrogen) atoms. The van der Waals surface area contributed by atoms with Crippen molar-refractivity contribution in [2.45, 2.75) is 25.7 Å². The fraction of sp³-hybridized carbons (Fsp3) is 0.385. The van der Waals surface area contributed by atoms with E-state index in [2.05, 4.69) is 15.5 Å². The van der Waals surface area contributed by atoms with Crippen LogP contribution in [0.3, 0.4) is 0 Å². The highest BCUT2D eigenvalue weighted by molar-refractivity contribution is 5.93. The fourth-order valence-corrected chi connectivity index (χ4v) is 1.84. The molecule has 2 aromatic rings. The summed E-state index contributed by atoms with van der Waals surface area (Å²) in [4.78, 5) is 11.7. The number of carbonyl (C=O) groups excluding carboxylic acids is 1. The Morgan fingerprint density at radius 3 is 3.06 bits per heavy atom. The van der Waals surface area contributed by atoms with E-state index in [-0.39, 0.29) is 5.91 Å². The minimum Gasteiger partial charge on any atom is -0.330 e. The Balaban J connectivity index is 1.86. The number of nitrogens with one attached hydrogen (secondary N) is 2. The molecule has 2 rings (SSSR count). The number of nitrogens with two attached hydrogens (primary N) is 1. The maximum absolute atomic E-state index is 11.7. The first kappa shape index (κ1) is 12.6. The molecule has 0 atom stereocenters. The van der Waals surface area contributed by atoms with Crippen LogP contribution in [0, 0.1) is 0 Å². The Morgan fingerprint density at radius 2 is 2.22 bits per heavy atom. The van der Waals surface area contributed by atoms with Crippen LogP contribution in [0.1, 0.15) is 25.7 Å². The van der Waals surface area contributed by atoms with E-state index in [0.717, 1.165) is 35.9 Å². The van der Waals surface area contributed by atoms with E-state index in [0.29, 0.717) is 13.0 Å². The lowest BCUT2D eigenvalue weighted by atomic mass is 10.2. The number of unbranched alkanes of at least 4 members (excludes halogenated alkanes) is 2. The van der Waals surface area contributed by atoms with Gasteiger partial charge in [0, 0.05) is 17.5 Å². The van der Waals surface area contributed by atoms with Gasteiger partial charge in [0.1, 0.15) is 0 Å². The number of H-pyrrole nitrogens is 1. The van der Waals surface area contributed by atoms with E-state index in [1.165, 1.54) is 0 Å². The lowest BCUT2D eigenvalue weighted by Crippen LogP contribution is -2.11. The van der Waals surface area contributed by atoms with E-state index in [4.69, 9.17) is 5.73 Å². The molecule has 96 valence electrons. The molecule has 0 saturated carbocycles. The summed E-state index contributed by atoms with van der Waals surface area (Å²) in [5, 5.41) is 10.7. The summed E-state index contributed by atoms with van der Waals surface area (Å²) in [6.45, 7) is 0.693. The number of fused-ring (bicyclic) bond motifs is 1. The zero-order valence-electron chi connectivity index (χ0n) is 10.3. The number of nitrogens with zero attached hydrogens (tertiary/aromatic N) is 1. The number of aromatic nitrogens is 2. The Hall–Kier alpha value is -1.88. The van der Waals surface area contributed by atoms with Crippen LogP contribution in [0.5, 0.6) is 0 Å². The Bertz CT molecular complexity index is 520. The van der Waals surface area contributed by atoms with Crippen LogP contribution in [0.25, 0.3) is 10.9 Å².